The molecule has 6 heteroatoms. The number of rotatable bonds is 3. The lowest BCUT2D eigenvalue weighted by molar-refractivity contribution is 0.0697. The van der Waals surface area contributed by atoms with Crippen LogP contribution in [0.5, 0.6) is 0 Å². The summed E-state index contributed by atoms with van der Waals surface area (Å²) in [5.41, 5.74) is 1.04. The van der Waals surface area contributed by atoms with Gasteiger partial charge in [0.2, 0.25) is 0 Å². The molecule has 0 unspecified atom stereocenters. The Labute approximate surface area is 120 Å². The largest absolute Gasteiger partial charge is 0.478 e. The highest BCUT2D eigenvalue weighted by molar-refractivity contribution is 6.30. The van der Waals surface area contributed by atoms with E-state index >= 15 is 0 Å². The highest BCUT2D eigenvalue weighted by atomic mass is 35.5. The predicted octanol–water partition coefficient (Wildman–Crippen LogP) is 3.68. The van der Waals surface area contributed by atoms with Gasteiger partial charge in [-0.05, 0) is 36.4 Å². The maximum absolute atomic E-state index is 11.8. The van der Waals surface area contributed by atoms with Crippen LogP contribution in [0.2, 0.25) is 5.02 Å². The van der Waals surface area contributed by atoms with E-state index in [1.807, 2.05) is 0 Å². The van der Waals surface area contributed by atoms with Crippen molar-refractivity contribution in [1.29, 1.82) is 0 Å². The number of carbonyl (C=O) groups excluding carboxylic acids is 1. The fourth-order valence-electron chi connectivity index (χ4n) is 1.59. The van der Waals surface area contributed by atoms with E-state index in [1.54, 1.807) is 36.4 Å². The first-order chi connectivity index (χ1) is 9.54. The SMILES string of the molecule is O=C(Nc1cccc(Cl)c1)Nc1cccc(C(=O)O)c1. The van der Waals surface area contributed by atoms with Crippen LogP contribution in [0.15, 0.2) is 48.5 Å². The minimum absolute atomic E-state index is 0.102. The first-order valence-electron chi connectivity index (χ1n) is 5.71. The number of amides is 2. The summed E-state index contributed by atoms with van der Waals surface area (Å²) in [5.74, 6) is -1.05. The maximum atomic E-state index is 11.8. The van der Waals surface area contributed by atoms with E-state index in [4.69, 9.17) is 16.7 Å². The van der Waals surface area contributed by atoms with Gasteiger partial charge in [-0.3, -0.25) is 0 Å². The second-order valence-electron chi connectivity index (χ2n) is 3.98. The monoisotopic (exact) mass is 290 g/mol. The molecule has 0 spiro atoms. The number of anilines is 2. The zero-order valence-electron chi connectivity index (χ0n) is 10.3. The molecule has 2 rings (SSSR count). The van der Waals surface area contributed by atoms with Crippen LogP contribution in [0.3, 0.4) is 0 Å². The third-order valence-electron chi connectivity index (χ3n) is 2.45. The number of hydrogen-bond acceptors (Lipinski definition) is 2. The molecule has 0 heterocycles. The molecule has 0 aliphatic carbocycles. The molecule has 5 nitrogen and oxygen atoms in total. The zero-order chi connectivity index (χ0) is 14.5. The van der Waals surface area contributed by atoms with Crippen molar-refractivity contribution in [2.45, 2.75) is 0 Å². The number of nitrogens with one attached hydrogen (secondary N) is 2. The first kappa shape index (κ1) is 13.9. The van der Waals surface area contributed by atoms with Crippen molar-refractivity contribution >= 4 is 35.0 Å². The molecule has 102 valence electrons. The molecule has 0 bridgehead atoms. The van der Waals surface area contributed by atoms with Crippen LogP contribution in [0.4, 0.5) is 16.2 Å². The molecule has 3 N–H and O–H groups in total. The van der Waals surface area contributed by atoms with E-state index < -0.39 is 12.0 Å². The Morgan fingerprint density at radius 2 is 1.55 bits per heavy atom. The summed E-state index contributed by atoms with van der Waals surface area (Å²) in [6, 6.07) is 12.2. The molecule has 20 heavy (non-hydrogen) atoms. The van der Waals surface area contributed by atoms with Gasteiger partial charge in [0.1, 0.15) is 0 Å². The van der Waals surface area contributed by atoms with Gasteiger partial charge < -0.3 is 15.7 Å². The summed E-state index contributed by atoms with van der Waals surface area (Å²) < 4.78 is 0. The van der Waals surface area contributed by atoms with Crippen molar-refractivity contribution in [3.8, 4) is 0 Å². The molecule has 0 saturated heterocycles. The minimum Gasteiger partial charge on any atom is -0.478 e. The molecule has 0 fully saturated rings. The van der Waals surface area contributed by atoms with Gasteiger partial charge in [-0.15, -0.1) is 0 Å². The summed E-state index contributed by atoms with van der Waals surface area (Å²) in [4.78, 5) is 22.6. The first-order valence-corrected chi connectivity index (χ1v) is 6.09. The molecule has 0 saturated carbocycles. The van der Waals surface area contributed by atoms with Crippen LogP contribution in [-0.4, -0.2) is 17.1 Å². The summed E-state index contributed by atoms with van der Waals surface area (Å²) in [7, 11) is 0. The van der Waals surface area contributed by atoms with Gasteiger partial charge in [-0.1, -0.05) is 23.7 Å². The molecule has 2 amide bonds. The van der Waals surface area contributed by atoms with E-state index in [-0.39, 0.29) is 5.56 Å². The summed E-state index contributed by atoms with van der Waals surface area (Å²) >= 11 is 5.81. The minimum atomic E-state index is -1.05. The van der Waals surface area contributed by atoms with E-state index in [2.05, 4.69) is 10.6 Å². The van der Waals surface area contributed by atoms with Crippen LogP contribution in [-0.2, 0) is 0 Å². The third kappa shape index (κ3) is 3.73. The molecule has 2 aromatic carbocycles. The van der Waals surface area contributed by atoms with Gasteiger partial charge in [0.15, 0.2) is 0 Å². The van der Waals surface area contributed by atoms with Crippen LogP contribution >= 0.6 is 11.6 Å². The van der Waals surface area contributed by atoms with E-state index in [0.29, 0.717) is 16.4 Å². The fraction of sp³-hybridized carbons (Fsp3) is 0. The number of carboxylic acid groups (broad SMARTS) is 1. The van der Waals surface area contributed by atoms with Crippen LogP contribution in [0, 0.1) is 0 Å². The number of carbonyl (C=O) groups is 2. The summed E-state index contributed by atoms with van der Waals surface area (Å²) in [6.07, 6.45) is 0. The van der Waals surface area contributed by atoms with E-state index in [9.17, 15) is 9.59 Å². The number of hydrogen-bond donors (Lipinski definition) is 3. The van der Waals surface area contributed by atoms with Gasteiger partial charge in [0, 0.05) is 16.4 Å². The summed E-state index contributed by atoms with van der Waals surface area (Å²) in [5, 5.41) is 14.5. The molecular formula is C14H11ClN2O3. The molecular weight excluding hydrogens is 280 g/mol. The smallest absolute Gasteiger partial charge is 0.335 e. The maximum Gasteiger partial charge on any atom is 0.335 e. The van der Waals surface area contributed by atoms with Gasteiger partial charge in [-0.2, -0.15) is 0 Å². The van der Waals surface area contributed by atoms with E-state index in [1.165, 1.54) is 12.1 Å². The van der Waals surface area contributed by atoms with Crippen molar-refractivity contribution in [3.63, 3.8) is 0 Å². The lowest BCUT2D eigenvalue weighted by atomic mass is 10.2. The van der Waals surface area contributed by atoms with Crippen LogP contribution < -0.4 is 10.6 Å². The second kappa shape index (κ2) is 6.08. The Hall–Kier alpha value is -2.53. The van der Waals surface area contributed by atoms with Gasteiger partial charge in [0.25, 0.3) is 0 Å². The lowest BCUT2D eigenvalue weighted by Gasteiger charge is -2.08. The Morgan fingerprint density at radius 1 is 0.950 bits per heavy atom. The lowest BCUT2D eigenvalue weighted by Crippen LogP contribution is -2.19. The predicted molar refractivity (Wildman–Crippen MR) is 77.5 cm³/mol. The van der Waals surface area contributed by atoms with Gasteiger partial charge >= 0.3 is 12.0 Å². The van der Waals surface area contributed by atoms with Crippen molar-refractivity contribution in [2.75, 3.05) is 10.6 Å². The quantitative estimate of drug-likeness (QED) is 0.807. The number of urea groups is 1. The molecule has 0 radical (unpaired) electrons. The molecule has 0 atom stereocenters. The Balaban J connectivity index is 2.04. The van der Waals surface area contributed by atoms with Crippen molar-refractivity contribution < 1.29 is 14.7 Å². The number of carboxylic acids is 1. The Kier molecular flexibility index (Phi) is 4.22. The Bertz CT molecular complexity index is 658. The number of aromatic carboxylic acids is 1. The average Bonchev–Trinajstić information content (AvgIpc) is 2.38. The molecule has 0 aromatic heterocycles. The van der Waals surface area contributed by atoms with Gasteiger partial charge in [0.05, 0.1) is 5.56 Å². The van der Waals surface area contributed by atoms with Crippen molar-refractivity contribution in [3.05, 3.63) is 59.1 Å². The normalized spacial score (nSPS) is 9.85. The van der Waals surface area contributed by atoms with E-state index in [0.717, 1.165) is 0 Å². The highest BCUT2D eigenvalue weighted by Gasteiger charge is 2.06. The fourth-order valence-corrected chi connectivity index (χ4v) is 1.78. The zero-order valence-corrected chi connectivity index (χ0v) is 11.0. The second-order valence-corrected chi connectivity index (χ2v) is 4.41. The third-order valence-corrected chi connectivity index (χ3v) is 2.68. The van der Waals surface area contributed by atoms with Crippen molar-refractivity contribution in [2.24, 2.45) is 0 Å². The van der Waals surface area contributed by atoms with Gasteiger partial charge in [-0.25, -0.2) is 9.59 Å². The molecule has 0 aliphatic heterocycles. The van der Waals surface area contributed by atoms with Crippen molar-refractivity contribution in [1.82, 2.24) is 0 Å². The van der Waals surface area contributed by atoms with Crippen LogP contribution in [0.25, 0.3) is 0 Å². The topological polar surface area (TPSA) is 78.4 Å². The standard InChI is InChI=1S/C14H11ClN2O3/c15-10-4-2-6-12(8-10)17-14(20)16-11-5-1-3-9(7-11)13(18)19/h1-8H,(H,18,19)(H2,16,17,20). The highest BCUT2D eigenvalue weighted by Crippen LogP contribution is 2.16. The number of halogens is 1. The molecule has 0 aliphatic rings. The Morgan fingerprint density at radius 3 is 2.15 bits per heavy atom. The number of benzene rings is 2. The molecule has 2 aromatic rings. The van der Waals surface area contributed by atoms with Crippen LogP contribution in [0.1, 0.15) is 10.4 Å². The summed E-state index contributed by atoms with van der Waals surface area (Å²) in [6.45, 7) is 0. The average molecular weight is 291 g/mol.